The normalized spacial score (nSPS) is 25.1. The first kappa shape index (κ1) is 23.0. The number of hydrogen-bond acceptors (Lipinski definition) is 3. The van der Waals surface area contributed by atoms with E-state index in [4.69, 9.17) is 4.74 Å². The van der Waals surface area contributed by atoms with Crippen LogP contribution in [0.15, 0.2) is 115 Å². The highest BCUT2D eigenvalue weighted by molar-refractivity contribution is 5.47. The van der Waals surface area contributed by atoms with E-state index in [9.17, 15) is 0 Å². The van der Waals surface area contributed by atoms with Crippen LogP contribution in [0.4, 0.5) is 0 Å². The first-order valence-electron chi connectivity index (χ1n) is 13.2. The molecule has 0 saturated carbocycles. The van der Waals surface area contributed by atoms with Gasteiger partial charge in [-0.15, -0.1) is 0 Å². The van der Waals surface area contributed by atoms with Gasteiger partial charge in [0.05, 0.1) is 5.66 Å². The summed E-state index contributed by atoms with van der Waals surface area (Å²) in [6.07, 6.45) is 2.42. The monoisotopic (exact) mass is 474 g/mol. The Kier molecular flexibility index (Phi) is 6.35. The molecule has 0 amide bonds. The largest absolute Gasteiger partial charge is 0.457 e. The third kappa shape index (κ3) is 3.93. The third-order valence-electron chi connectivity index (χ3n) is 8.34. The Hall–Kier alpha value is -3.40. The Morgan fingerprint density at radius 3 is 1.83 bits per heavy atom. The van der Waals surface area contributed by atoms with Crippen molar-refractivity contribution in [2.75, 3.05) is 20.1 Å². The third-order valence-corrected chi connectivity index (χ3v) is 8.34. The number of rotatable bonds is 7. The molecule has 2 atom stereocenters. The molecule has 0 radical (unpaired) electrons. The van der Waals surface area contributed by atoms with Crippen LogP contribution in [0.5, 0.6) is 11.5 Å². The van der Waals surface area contributed by atoms with Gasteiger partial charge in [-0.1, -0.05) is 97.1 Å². The number of benzene rings is 4. The molecule has 1 N–H and O–H groups in total. The van der Waals surface area contributed by atoms with Gasteiger partial charge in [0, 0.05) is 30.5 Å². The standard InChI is InChI=1S/C33H34N2O/c1-34-33(31(25-13-5-2-6-14-25)26-15-7-3-8-16-26)32(27-21-23-35(33)24-22-27)29-19-11-12-20-30(29)36-28-17-9-4-10-18-28/h2-20,27,31-32,34H,21-24H2,1H3. The Balaban J connectivity index is 1.55. The lowest BCUT2D eigenvalue weighted by molar-refractivity contribution is -0.0799. The first-order chi connectivity index (χ1) is 17.8. The van der Waals surface area contributed by atoms with Gasteiger partial charge in [-0.2, -0.15) is 0 Å². The smallest absolute Gasteiger partial charge is 0.131 e. The summed E-state index contributed by atoms with van der Waals surface area (Å²) in [4.78, 5) is 2.72. The molecular weight excluding hydrogens is 440 g/mol. The number of ether oxygens (including phenoxy) is 1. The van der Waals surface area contributed by atoms with Gasteiger partial charge in [0.2, 0.25) is 0 Å². The highest BCUT2D eigenvalue weighted by atomic mass is 16.5. The molecule has 0 aromatic heterocycles. The predicted molar refractivity (Wildman–Crippen MR) is 147 cm³/mol. The van der Waals surface area contributed by atoms with E-state index in [1.807, 2.05) is 30.3 Å². The zero-order valence-electron chi connectivity index (χ0n) is 20.9. The number of nitrogens with one attached hydrogen (secondary N) is 1. The minimum absolute atomic E-state index is 0.169. The lowest BCUT2D eigenvalue weighted by Crippen LogP contribution is -2.71. The van der Waals surface area contributed by atoms with Crippen molar-refractivity contribution in [3.63, 3.8) is 0 Å². The van der Waals surface area contributed by atoms with E-state index >= 15 is 0 Å². The maximum atomic E-state index is 6.55. The molecule has 0 spiro atoms. The molecule has 3 saturated heterocycles. The molecule has 3 nitrogen and oxygen atoms in total. The van der Waals surface area contributed by atoms with Crippen molar-refractivity contribution >= 4 is 0 Å². The van der Waals surface area contributed by atoms with Crippen LogP contribution in [0.2, 0.25) is 0 Å². The summed E-state index contributed by atoms with van der Waals surface area (Å²) in [5, 5.41) is 3.96. The van der Waals surface area contributed by atoms with Gasteiger partial charge in [0.25, 0.3) is 0 Å². The second kappa shape index (κ2) is 9.93. The molecule has 2 bridgehead atoms. The highest BCUT2D eigenvalue weighted by Crippen LogP contribution is 2.57. The van der Waals surface area contributed by atoms with Crippen LogP contribution in [-0.4, -0.2) is 30.7 Å². The number of nitrogens with zero attached hydrogens (tertiary/aromatic N) is 1. The minimum atomic E-state index is -0.278. The quantitative estimate of drug-likeness (QED) is 0.311. The van der Waals surface area contributed by atoms with E-state index < -0.39 is 0 Å². The zero-order chi connectivity index (χ0) is 24.4. The molecule has 3 heterocycles. The molecule has 3 aliphatic heterocycles. The van der Waals surface area contributed by atoms with Crippen LogP contribution in [-0.2, 0) is 0 Å². The second-order valence-corrected chi connectivity index (χ2v) is 10.1. The van der Waals surface area contributed by atoms with Gasteiger partial charge in [-0.25, -0.2) is 0 Å². The summed E-state index contributed by atoms with van der Waals surface area (Å²) in [5.41, 5.74) is 3.70. The van der Waals surface area contributed by atoms with Crippen molar-refractivity contribution in [3.05, 3.63) is 132 Å². The van der Waals surface area contributed by atoms with E-state index in [1.165, 1.54) is 29.5 Å². The van der Waals surface area contributed by atoms with Crippen LogP contribution in [0.1, 0.15) is 41.4 Å². The number of para-hydroxylation sites is 2. The lowest BCUT2D eigenvalue weighted by atomic mass is 9.60. The van der Waals surface area contributed by atoms with Crippen LogP contribution < -0.4 is 10.1 Å². The summed E-state index contributed by atoms with van der Waals surface area (Å²) in [6.45, 7) is 2.22. The molecule has 7 rings (SSSR count). The highest BCUT2D eigenvalue weighted by Gasteiger charge is 2.58. The molecule has 36 heavy (non-hydrogen) atoms. The van der Waals surface area contributed by atoms with Crippen molar-refractivity contribution in [2.24, 2.45) is 5.92 Å². The van der Waals surface area contributed by atoms with Gasteiger partial charge in [-0.3, -0.25) is 4.90 Å². The summed E-state index contributed by atoms with van der Waals surface area (Å²) >= 11 is 0. The fourth-order valence-corrected chi connectivity index (χ4v) is 6.91. The summed E-state index contributed by atoms with van der Waals surface area (Å²) in [5.74, 6) is 2.86. The first-order valence-corrected chi connectivity index (χ1v) is 13.2. The number of piperidine rings is 3. The van der Waals surface area contributed by atoms with Gasteiger partial charge in [0.1, 0.15) is 11.5 Å². The van der Waals surface area contributed by atoms with E-state index in [0.29, 0.717) is 5.92 Å². The van der Waals surface area contributed by atoms with Crippen molar-refractivity contribution in [1.82, 2.24) is 10.2 Å². The van der Waals surface area contributed by atoms with E-state index in [0.717, 1.165) is 24.6 Å². The van der Waals surface area contributed by atoms with Crippen molar-refractivity contribution in [1.29, 1.82) is 0 Å². The Morgan fingerprint density at radius 2 is 1.25 bits per heavy atom. The molecule has 3 fully saturated rings. The summed E-state index contributed by atoms with van der Waals surface area (Å²) in [7, 11) is 2.16. The van der Waals surface area contributed by atoms with Crippen molar-refractivity contribution in [3.8, 4) is 11.5 Å². The predicted octanol–water partition coefficient (Wildman–Crippen LogP) is 7.04. The average Bonchev–Trinajstić information content (AvgIpc) is 2.96. The summed E-state index contributed by atoms with van der Waals surface area (Å²) < 4.78 is 6.55. The SMILES string of the molecule is CNC1(C(c2ccccc2)c2ccccc2)C(c2ccccc2Oc2ccccc2)C2CCN1CC2. The second-order valence-electron chi connectivity index (χ2n) is 10.1. The fourth-order valence-electron chi connectivity index (χ4n) is 6.91. The Morgan fingerprint density at radius 1 is 0.722 bits per heavy atom. The van der Waals surface area contributed by atoms with Crippen LogP contribution in [0, 0.1) is 5.92 Å². The molecule has 3 heteroatoms. The van der Waals surface area contributed by atoms with E-state index in [1.54, 1.807) is 0 Å². The van der Waals surface area contributed by atoms with E-state index in [-0.39, 0.29) is 17.5 Å². The molecule has 182 valence electrons. The molecule has 4 aromatic rings. The summed E-state index contributed by atoms with van der Waals surface area (Å²) in [6, 6.07) is 41.0. The van der Waals surface area contributed by atoms with Gasteiger partial charge in [-0.05, 0) is 55.1 Å². The molecule has 0 aliphatic carbocycles. The van der Waals surface area contributed by atoms with Crippen LogP contribution in [0.3, 0.4) is 0 Å². The van der Waals surface area contributed by atoms with Crippen molar-refractivity contribution in [2.45, 2.75) is 30.3 Å². The average molecular weight is 475 g/mol. The zero-order valence-corrected chi connectivity index (χ0v) is 20.9. The van der Waals surface area contributed by atoms with Crippen LogP contribution in [0.25, 0.3) is 0 Å². The molecular formula is C33H34N2O. The van der Waals surface area contributed by atoms with Gasteiger partial charge >= 0.3 is 0 Å². The number of hydrogen-bond donors (Lipinski definition) is 1. The van der Waals surface area contributed by atoms with Gasteiger partial charge < -0.3 is 10.1 Å². The molecule has 2 unspecified atom stereocenters. The Labute approximate surface area is 214 Å². The van der Waals surface area contributed by atoms with E-state index in [2.05, 4.69) is 102 Å². The Bertz CT molecular complexity index is 1230. The minimum Gasteiger partial charge on any atom is -0.457 e. The maximum absolute atomic E-state index is 6.55. The van der Waals surface area contributed by atoms with Crippen LogP contribution >= 0.6 is 0 Å². The fraction of sp³-hybridized carbons (Fsp3) is 0.273. The maximum Gasteiger partial charge on any atom is 0.131 e. The molecule has 3 aliphatic rings. The van der Waals surface area contributed by atoms with Gasteiger partial charge in [0.15, 0.2) is 0 Å². The van der Waals surface area contributed by atoms with Crippen molar-refractivity contribution < 1.29 is 4.74 Å². The topological polar surface area (TPSA) is 24.5 Å². The number of fused-ring (bicyclic) bond motifs is 3. The molecule has 4 aromatic carbocycles. The lowest BCUT2D eigenvalue weighted by Gasteiger charge is -2.62. The number of likely N-dealkylation sites (N-methyl/N-ethyl adjacent to an activating group) is 1.